The summed E-state index contributed by atoms with van der Waals surface area (Å²) in [4.78, 5) is 1.81. The first kappa shape index (κ1) is 13.7. The zero-order chi connectivity index (χ0) is 11.7. The molecule has 0 radical (unpaired) electrons. The van der Waals surface area contributed by atoms with Crippen molar-refractivity contribution in [3.8, 4) is 6.07 Å². The molecule has 1 fully saturated rings. The van der Waals surface area contributed by atoms with E-state index in [-0.39, 0.29) is 24.0 Å². The molecular weight excluding hydrogens is 248 g/mol. The van der Waals surface area contributed by atoms with Gasteiger partial charge in [0.05, 0.1) is 11.3 Å². The molecule has 0 amide bonds. The van der Waals surface area contributed by atoms with Crippen LogP contribution >= 0.6 is 12.4 Å². The Hall–Kier alpha value is -1.38. The predicted octanol–water partition coefficient (Wildman–Crippen LogP) is 1.80. The van der Waals surface area contributed by atoms with Crippen LogP contribution < -0.4 is 10.6 Å². The quantitative estimate of drug-likeness (QED) is 0.837. The molecule has 1 aliphatic heterocycles. The van der Waals surface area contributed by atoms with E-state index in [4.69, 9.17) is 11.0 Å². The van der Waals surface area contributed by atoms with Gasteiger partial charge >= 0.3 is 0 Å². The van der Waals surface area contributed by atoms with Crippen molar-refractivity contribution in [2.75, 3.05) is 18.0 Å². The normalized spacial score (nSPS) is 18.7. The lowest BCUT2D eigenvalue weighted by atomic mass is 10.1. The monoisotopic (exact) mass is 259 g/mol. The molecule has 1 aromatic carbocycles. The highest BCUT2D eigenvalue weighted by molar-refractivity contribution is 5.85. The first-order valence-electron chi connectivity index (χ1n) is 5.01. The van der Waals surface area contributed by atoms with Gasteiger partial charge in [0.25, 0.3) is 0 Å². The summed E-state index contributed by atoms with van der Waals surface area (Å²) in [6.45, 7) is 1.24. The fraction of sp³-hybridized carbons (Fsp3) is 0.364. The summed E-state index contributed by atoms with van der Waals surface area (Å²) in [5.41, 5.74) is 6.30. The number of halogens is 3. The number of rotatable bonds is 1. The van der Waals surface area contributed by atoms with Gasteiger partial charge in [0.15, 0.2) is 11.6 Å². The maximum atomic E-state index is 13.1. The Bertz CT molecular complexity index is 459. The lowest BCUT2D eigenvalue weighted by molar-refractivity contribution is 0.508. The highest BCUT2D eigenvalue weighted by Crippen LogP contribution is 2.26. The second-order valence-electron chi connectivity index (χ2n) is 3.89. The largest absolute Gasteiger partial charge is 0.369 e. The van der Waals surface area contributed by atoms with E-state index >= 15 is 0 Å². The van der Waals surface area contributed by atoms with Gasteiger partial charge in [0.1, 0.15) is 6.07 Å². The molecule has 92 valence electrons. The van der Waals surface area contributed by atoms with Crippen molar-refractivity contribution >= 4 is 18.1 Å². The Morgan fingerprint density at radius 3 is 2.53 bits per heavy atom. The molecule has 3 nitrogen and oxygen atoms in total. The summed E-state index contributed by atoms with van der Waals surface area (Å²) in [6.07, 6.45) is 0.796. The van der Waals surface area contributed by atoms with Gasteiger partial charge in [-0.3, -0.25) is 0 Å². The van der Waals surface area contributed by atoms with Gasteiger partial charge in [-0.15, -0.1) is 12.4 Å². The minimum atomic E-state index is -0.996. The van der Waals surface area contributed by atoms with E-state index < -0.39 is 11.6 Å². The van der Waals surface area contributed by atoms with Gasteiger partial charge < -0.3 is 10.6 Å². The number of nitrogens with two attached hydrogens (primary N) is 1. The van der Waals surface area contributed by atoms with Crippen LogP contribution in [0.4, 0.5) is 14.5 Å². The van der Waals surface area contributed by atoms with Crippen LogP contribution in [-0.2, 0) is 0 Å². The third kappa shape index (κ3) is 2.65. The summed E-state index contributed by atoms with van der Waals surface area (Å²) < 4.78 is 26.0. The molecule has 1 aromatic rings. The molecule has 6 heteroatoms. The highest BCUT2D eigenvalue weighted by atomic mass is 35.5. The number of nitriles is 1. The Kier molecular flexibility index (Phi) is 4.27. The van der Waals surface area contributed by atoms with Crippen LogP contribution in [0.1, 0.15) is 12.0 Å². The van der Waals surface area contributed by atoms with Gasteiger partial charge in [-0.25, -0.2) is 8.78 Å². The van der Waals surface area contributed by atoms with Crippen molar-refractivity contribution < 1.29 is 8.78 Å². The van der Waals surface area contributed by atoms with Gasteiger partial charge in [0, 0.05) is 25.2 Å². The van der Waals surface area contributed by atoms with Crippen molar-refractivity contribution in [2.45, 2.75) is 12.5 Å². The Balaban J connectivity index is 0.00000144. The first-order valence-corrected chi connectivity index (χ1v) is 5.01. The highest BCUT2D eigenvalue weighted by Gasteiger charge is 2.22. The lowest BCUT2D eigenvalue weighted by Gasteiger charge is -2.19. The minimum absolute atomic E-state index is 0. The number of hydrogen-bond donors (Lipinski definition) is 1. The van der Waals surface area contributed by atoms with Crippen molar-refractivity contribution in [1.29, 1.82) is 5.26 Å². The molecule has 2 N–H and O–H groups in total. The van der Waals surface area contributed by atoms with Gasteiger partial charge in [0.2, 0.25) is 0 Å². The molecule has 17 heavy (non-hydrogen) atoms. The van der Waals surface area contributed by atoms with Crippen LogP contribution in [0.2, 0.25) is 0 Å². The summed E-state index contributed by atoms with van der Waals surface area (Å²) in [6, 6.07) is 3.88. The molecule has 1 atom stereocenters. The number of nitrogens with zero attached hydrogens (tertiary/aromatic N) is 2. The van der Waals surface area contributed by atoms with E-state index in [2.05, 4.69) is 0 Å². The van der Waals surface area contributed by atoms with Crippen LogP contribution in [-0.4, -0.2) is 19.1 Å². The van der Waals surface area contributed by atoms with E-state index in [1.807, 2.05) is 11.0 Å². The van der Waals surface area contributed by atoms with Crippen LogP contribution in [0.15, 0.2) is 12.1 Å². The van der Waals surface area contributed by atoms with Crippen LogP contribution in [0.5, 0.6) is 0 Å². The van der Waals surface area contributed by atoms with E-state index in [9.17, 15) is 8.78 Å². The molecule has 1 unspecified atom stereocenters. The summed E-state index contributed by atoms with van der Waals surface area (Å²) in [7, 11) is 0. The van der Waals surface area contributed by atoms with Crippen LogP contribution in [0, 0.1) is 23.0 Å². The van der Waals surface area contributed by atoms with E-state index in [0.29, 0.717) is 18.8 Å². The maximum Gasteiger partial charge on any atom is 0.160 e. The van der Waals surface area contributed by atoms with Crippen molar-refractivity contribution in [1.82, 2.24) is 0 Å². The Labute approximate surface area is 104 Å². The fourth-order valence-corrected chi connectivity index (χ4v) is 1.89. The summed E-state index contributed by atoms with van der Waals surface area (Å²) in [5.74, 6) is -1.93. The SMILES string of the molecule is Cl.N#Cc1cc(F)c(F)cc1N1CCC(N)C1. The Morgan fingerprint density at radius 1 is 1.35 bits per heavy atom. The van der Waals surface area contributed by atoms with Crippen LogP contribution in [0.3, 0.4) is 0 Å². The summed E-state index contributed by atoms with van der Waals surface area (Å²) >= 11 is 0. The van der Waals surface area contributed by atoms with Crippen molar-refractivity contribution in [3.63, 3.8) is 0 Å². The third-order valence-electron chi connectivity index (χ3n) is 2.72. The Morgan fingerprint density at radius 2 is 2.00 bits per heavy atom. The fourth-order valence-electron chi connectivity index (χ4n) is 1.89. The average molecular weight is 260 g/mol. The zero-order valence-corrected chi connectivity index (χ0v) is 9.81. The van der Waals surface area contributed by atoms with E-state index in [1.165, 1.54) is 0 Å². The predicted molar refractivity (Wildman–Crippen MR) is 63.1 cm³/mol. The number of hydrogen-bond acceptors (Lipinski definition) is 3. The molecule has 0 aromatic heterocycles. The van der Waals surface area contributed by atoms with Crippen molar-refractivity contribution in [2.24, 2.45) is 5.73 Å². The van der Waals surface area contributed by atoms with Crippen molar-refractivity contribution in [3.05, 3.63) is 29.3 Å². The van der Waals surface area contributed by atoms with Gasteiger partial charge in [-0.1, -0.05) is 0 Å². The molecule has 1 saturated heterocycles. The number of benzene rings is 1. The lowest BCUT2D eigenvalue weighted by Crippen LogP contribution is -2.27. The topological polar surface area (TPSA) is 53.0 Å². The minimum Gasteiger partial charge on any atom is -0.369 e. The average Bonchev–Trinajstić information content (AvgIpc) is 2.68. The molecule has 0 saturated carbocycles. The van der Waals surface area contributed by atoms with E-state index in [1.54, 1.807) is 0 Å². The molecule has 2 rings (SSSR count). The maximum absolute atomic E-state index is 13.1. The second kappa shape index (κ2) is 5.30. The first-order chi connectivity index (χ1) is 7.61. The zero-order valence-electron chi connectivity index (χ0n) is 8.99. The van der Waals surface area contributed by atoms with Gasteiger partial charge in [-0.2, -0.15) is 5.26 Å². The standard InChI is InChI=1S/C11H11F2N3.ClH/c12-9-3-7(5-14)11(4-10(9)13)16-2-1-8(15)6-16;/h3-4,8H,1-2,6,15H2;1H. The third-order valence-corrected chi connectivity index (χ3v) is 2.72. The van der Waals surface area contributed by atoms with Crippen LogP contribution in [0.25, 0.3) is 0 Å². The molecule has 0 aliphatic carbocycles. The second-order valence-corrected chi connectivity index (χ2v) is 3.89. The summed E-state index contributed by atoms with van der Waals surface area (Å²) in [5, 5.41) is 8.86. The molecule has 1 heterocycles. The van der Waals surface area contributed by atoms with E-state index in [0.717, 1.165) is 18.6 Å². The number of anilines is 1. The van der Waals surface area contributed by atoms with Gasteiger partial charge in [-0.05, 0) is 12.5 Å². The molecule has 0 bridgehead atoms. The smallest absolute Gasteiger partial charge is 0.160 e. The molecule has 0 spiro atoms. The molecule has 1 aliphatic rings. The molecular formula is C11H12ClF2N3.